The average molecular weight is 336 g/mol. The summed E-state index contributed by atoms with van der Waals surface area (Å²) in [6.07, 6.45) is -0.157. The summed E-state index contributed by atoms with van der Waals surface area (Å²) in [4.78, 5) is 12.1. The fraction of sp³-hybridized carbons (Fsp3) is 0.158. The first-order chi connectivity index (χ1) is 12.2. The van der Waals surface area contributed by atoms with Crippen LogP contribution >= 0.6 is 0 Å². The molecule has 1 atom stereocenters. The van der Waals surface area contributed by atoms with Gasteiger partial charge in [-0.05, 0) is 23.8 Å². The van der Waals surface area contributed by atoms with Crippen molar-refractivity contribution in [1.29, 1.82) is 0 Å². The van der Waals surface area contributed by atoms with Crippen LogP contribution in [0.5, 0.6) is 0 Å². The molecule has 0 spiro atoms. The van der Waals surface area contributed by atoms with E-state index in [0.29, 0.717) is 18.8 Å². The summed E-state index contributed by atoms with van der Waals surface area (Å²) in [5, 5.41) is 10.9. The minimum Gasteiger partial charge on any atom is -0.347 e. The lowest BCUT2D eigenvalue weighted by Crippen LogP contribution is -2.45. The number of nitrogens with one attached hydrogen (secondary N) is 2. The van der Waals surface area contributed by atoms with Crippen LogP contribution in [0.4, 0.5) is 4.39 Å². The van der Waals surface area contributed by atoms with Gasteiger partial charge in [0.2, 0.25) is 0 Å². The third-order valence-corrected chi connectivity index (χ3v) is 4.24. The lowest BCUT2D eigenvalue weighted by molar-refractivity contribution is 0.0900. The van der Waals surface area contributed by atoms with Crippen molar-refractivity contribution < 1.29 is 9.18 Å². The first-order valence-electron chi connectivity index (χ1n) is 8.12. The zero-order chi connectivity index (χ0) is 17.2. The smallest absolute Gasteiger partial charge is 0.269 e. The Hall–Kier alpha value is -2.99. The number of rotatable bonds is 4. The maximum Gasteiger partial charge on any atom is 0.269 e. The second kappa shape index (κ2) is 6.49. The number of carbonyl (C=O) groups is 1. The highest BCUT2D eigenvalue weighted by molar-refractivity contribution is 5.94. The van der Waals surface area contributed by atoms with Gasteiger partial charge in [-0.25, -0.2) is 9.07 Å². The van der Waals surface area contributed by atoms with E-state index in [9.17, 15) is 9.18 Å². The van der Waals surface area contributed by atoms with Crippen molar-refractivity contribution in [3.63, 3.8) is 0 Å². The van der Waals surface area contributed by atoms with Gasteiger partial charge in [-0.1, -0.05) is 42.5 Å². The van der Waals surface area contributed by atoms with Crippen LogP contribution in [0, 0.1) is 5.82 Å². The number of hydrogen-bond donors (Lipinski definition) is 2. The van der Waals surface area contributed by atoms with Gasteiger partial charge < -0.3 is 5.32 Å². The lowest BCUT2D eigenvalue weighted by atomic mass is 10.1. The van der Waals surface area contributed by atoms with Crippen LogP contribution in [0.3, 0.4) is 0 Å². The Morgan fingerprint density at radius 3 is 2.68 bits per heavy atom. The van der Waals surface area contributed by atoms with E-state index in [2.05, 4.69) is 15.7 Å². The number of halogens is 1. The Morgan fingerprint density at radius 1 is 1.16 bits per heavy atom. The highest BCUT2D eigenvalue weighted by atomic mass is 19.1. The number of amides is 1. The number of nitrogens with zero attached hydrogens (tertiary/aromatic N) is 2. The van der Waals surface area contributed by atoms with E-state index in [0.717, 1.165) is 16.8 Å². The van der Waals surface area contributed by atoms with Gasteiger partial charge in [0, 0.05) is 12.1 Å². The van der Waals surface area contributed by atoms with E-state index in [4.69, 9.17) is 0 Å². The molecule has 2 N–H and O–H groups in total. The van der Waals surface area contributed by atoms with Crippen LogP contribution in [-0.2, 0) is 6.54 Å². The Bertz CT molecular complexity index is 890. The molecule has 3 aromatic rings. The largest absolute Gasteiger partial charge is 0.347 e. The summed E-state index contributed by atoms with van der Waals surface area (Å²) < 4.78 is 14.7. The van der Waals surface area contributed by atoms with Crippen molar-refractivity contribution in [2.75, 3.05) is 6.54 Å². The number of carbonyl (C=O) groups excluding carboxylic acids is 1. The van der Waals surface area contributed by atoms with Crippen molar-refractivity contribution >= 4 is 5.91 Å². The quantitative estimate of drug-likeness (QED) is 0.770. The standard InChI is InChI=1S/C19H17FN4O/c20-15-8-6-13(7-9-15)11-21-18-12-22-19(25)17-10-16(23-24(17)18)14-4-2-1-3-5-14/h1-10,18,21H,11-12H2,(H,22,25). The highest BCUT2D eigenvalue weighted by Gasteiger charge is 2.27. The zero-order valence-corrected chi connectivity index (χ0v) is 13.4. The van der Waals surface area contributed by atoms with E-state index in [1.807, 2.05) is 30.3 Å². The molecule has 1 aliphatic heterocycles. The topological polar surface area (TPSA) is 59.0 Å². The predicted octanol–water partition coefficient (Wildman–Crippen LogP) is 2.72. The average Bonchev–Trinajstić information content (AvgIpc) is 3.10. The van der Waals surface area contributed by atoms with Gasteiger partial charge in [0.05, 0.1) is 12.2 Å². The van der Waals surface area contributed by atoms with Gasteiger partial charge >= 0.3 is 0 Å². The van der Waals surface area contributed by atoms with Gasteiger partial charge in [-0.15, -0.1) is 0 Å². The van der Waals surface area contributed by atoms with Gasteiger partial charge in [0.15, 0.2) is 0 Å². The molecule has 0 radical (unpaired) electrons. The summed E-state index contributed by atoms with van der Waals surface area (Å²) in [6.45, 7) is 1.00. The number of fused-ring (bicyclic) bond motifs is 1. The van der Waals surface area contributed by atoms with E-state index < -0.39 is 0 Å². The Balaban J connectivity index is 1.57. The van der Waals surface area contributed by atoms with Gasteiger partial charge in [0.1, 0.15) is 17.7 Å². The maximum atomic E-state index is 13.0. The molecule has 1 unspecified atom stereocenters. The summed E-state index contributed by atoms with van der Waals surface area (Å²) in [5.41, 5.74) is 3.23. The minimum atomic E-state index is -0.254. The van der Waals surface area contributed by atoms with Crippen molar-refractivity contribution in [1.82, 2.24) is 20.4 Å². The molecule has 1 amide bonds. The second-order valence-electron chi connectivity index (χ2n) is 5.96. The van der Waals surface area contributed by atoms with E-state index in [1.54, 1.807) is 22.9 Å². The van der Waals surface area contributed by atoms with E-state index >= 15 is 0 Å². The third-order valence-electron chi connectivity index (χ3n) is 4.24. The van der Waals surface area contributed by atoms with Crippen molar-refractivity contribution in [2.45, 2.75) is 12.7 Å². The van der Waals surface area contributed by atoms with Crippen LogP contribution in [-0.4, -0.2) is 22.2 Å². The normalized spacial score (nSPS) is 16.4. The van der Waals surface area contributed by atoms with Crippen LogP contribution in [0.25, 0.3) is 11.3 Å². The first kappa shape index (κ1) is 15.5. The van der Waals surface area contributed by atoms with Crippen molar-refractivity contribution in [2.24, 2.45) is 0 Å². The molecule has 25 heavy (non-hydrogen) atoms. The molecule has 1 aliphatic rings. The Kier molecular flexibility index (Phi) is 4.03. The van der Waals surface area contributed by atoms with E-state index in [1.165, 1.54) is 12.1 Å². The highest BCUT2D eigenvalue weighted by Crippen LogP contribution is 2.22. The molecule has 126 valence electrons. The lowest BCUT2D eigenvalue weighted by Gasteiger charge is -2.25. The first-order valence-corrected chi connectivity index (χ1v) is 8.12. The van der Waals surface area contributed by atoms with Crippen LogP contribution in [0.2, 0.25) is 0 Å². The van der Waals surface area contributed by atoms with Crippen molar-refractivity contribution in [3.05, 3.63) is 77.7 Å². The van der Waals surface area contributed by atoms with Crippen LogP contribution in [0.15, 0.2) is 60.7 Å². The Morgan fingerprint density at radius 2 is 1.92 bits per heavy atom. The number of benzene rings is 2. The molecular formula is C19H17FN4O. The second-order valence-corrected chi connectivity index (χ2v) is 5.96. The maximum absolute atomic E-state index is 13.0. The molecule has 4 rings (SSSR count). The molecule has 0 bridgehead atoms. The summed E-state index contributed by atoms with van der Waals surface area (Å²) in [7, 11) is 0. The van der Waals surface area contributed by atoms with Crippen molar-refractivity contribution in [3.8, 4) is 11.3 Å². The van der Waals surface area contributed by atoms with Crippen LogP contribution in [0.1, 0.15) is 22.2 Å². The fourth-order valence-corrected chi connectivity index (χ4v) is 2.91. The molecule has 2 aromatic carbocycles. The Labute approximate surface area is 144 Å². The monoisotopic (exact) mass is 336 g/mol. The van der Waals surface area contributed by atoms with Gasteiger partial charge in [-0.2, -0.15) is 5.10 Å². The zero-order valence-electron chi connectivity index (χ0n) is 13.4. The molecule has 0 aliphatic carbocycles. The molecule has 0 saturated carbocycles. The molecule has 0 saturated heterocycles. The summed E-state index contributed by atoms with van der Waals surface area (Å²) in [5.74, 6) is -0.384. The number of aromatic nitrogens is 2. The molecular weight excluding hydrogens is 319 g/mol. The molecule has 5 nitrogen and oxygen atoms in total. The summed E-state index contributed by atoms with van der Waals surface area (Å²) >= 11 is 0. The SMILES string of the molecule is O=C1NCC(NCc2ccc(F)cc2)n2nc(-c3ccccc3)cc21. The van der Waals surface area contributed by atoms with Crippen LogP contribution < -0.4 is 10.6 Å². The van der Waals surface area contributed by atoms with Gasteiger partial charge in [0.25, 0.3) is 5.91 Å². The molecule has 6 heteroatoms. The molecule has 0 fully saturated rings. The summed E-state index contributed by atoms with van der Waals surface area (Å²) in [6, 6.07) is 17.9. The number of hydrogen-bond acceptors (Lipinski definition) is 3. The minimum absolute atomic E-state index is 0.130. The third kappa shape index (κ3) is 3.16. The fourth-order valence-electron chi connectivity index (χ4n) is 2.91. The molecule has 2 heterocycles. The predicted molar refractivity (Wildman–Crippen MR) is 92.3 cm³/mol. The van der Waals surface area contributed by atoms with Gasteiger partial charge in [-0.3, -0.25) is 10.1 Å². The van der Waals surface area contributed by atoms with E-state index in [-0.39, 0.29) is 17.9 Å². The molecule has 1 aromatic heterocycles.